The zero-order valence-corrected chi connectivity index (χ0v) is 22.6. The number of nitrogens with zero attached hydrogens (tertiary/aromatic N) is 6. The molecule has 0 radical (unpaired) electrons. The third kappa shape index (κ3) is 3.33. The van der Waals surface area contributed by atoms with Gasteiger partial charge in [0.1, 0.15) is 29.6 Å². The summed E-state index contributed by atoms with van der Waals surface area (Å²) < 4.78 is 40.9. The van der Waals surface area contributed by atoms with Crippen molar-refractivity contribution in [2.75, 3.05) is 41.8 Å². The first-order valence-corrected chi connectivity index (χ1v) is 13.9. The SMILES string of the molecule is CNc1nc(CC2C3CCC2CN(c2cc(C)ncn2)C3)nc2c1C(C)(C)CN2C12CC(C(F)(F)F)(C1)C2. The van der Waals surface area contributed by atoms with E-state index in [1.54, 1.807) is 6.33 Å². The summed E-state index contributed by atoms with van der Waals surface area (Å²) in [5.41, 5.74) is -0.0851. The minimum Gasteiger partial charge on any atom is -0.373 e. The zero-order valence-electron chi connectivity index (χ0n) is 22.6. The monoisotopic (exact) mass is 527 g/mol. The Morgan fingerprint density at radius 3 is 2.34 bits per heavy atom. The number of alkyl halides is 3. The molecule has 4 heterocycles. The number of piperidine rings is 1. The van der Waals surface area contributed by atoms with E-state index in [4.69, 9.17) is 9.97 Å². The Balaban J connectivity index is 1.15. The molecule has 5 fully saturated rings. The number of aromatic nitrogens is 4. The first kappa shape index (κ1) is 24.4. The Hall–Kier alpha value is -2.65. The molecular formula is C28H36F3N7. The van der Waals surface area contributed by atoms with Gasteiger partial charge in [-0.1, -0.05) is 13.8 Å². The molecule has 4 bridgehead atoms. The molecule has 2 atom stereocenters. The molecule has 4 saturated carbocycles. The maximum absolute atomic E-state index is 13.6. The van der Waals surface area contributed by atoms with Crippen molar-refractivity contribution in [1.29, 1.82) is 0 Å². The van der Waals surface area contributed by atoms with Gasteiger partial charge < -0.3 is 15.1 Å². The number of hydrogen-bond donors (Lipinski definition) is 1. The summed E-state index contributed by atoms with van der Waals surface area (Å²) in [7, 11) is 1.89. The second-order valence-electron chi connectivity index (χ2n) is 13.3. The quantitative estimate of drug-likeness (QED) is 0.593. The fourth-order valence-corrected chi connectivity index (χ4v) is 8.53. The molecule has 7 nitrogen and oxygen atoms in total. The number of hydrogen-bond acceptors (Lipinski definition) is 7. The number of nitrogens with one attached hydrogen (secondary N) is 1. The molecule has 1 saturated heterocycles. The molecule has 2 aromatic heterocycles. The van der Waals surface area contributed by atoms with Crippen molar-refractivity contribution < 1.29 is 13.2 Å². The Kier molecular flexibility index (Phi) is 4.96. The molecule has 0 aromatic carbocycles. The van der Waals surface area contributed by atoms with Gasteiger partial charge in [-0.3, -0.25) is 0 Å². The van der Waals surface area contributed by atoms with Gasteiger partial charge in [-0.05, 0) is 56.8 Å². The summed E-state index contributed by atoms with van der Waals surface area (Å²) >= 11 is 0. The van der Waals surface area contributed by atoms with Gasteiger partial charge in [-0.25, -0.2) is 19.9 Å². The number of aryl methyl sites for hydroxylation is 1. The molecule has 38 heavy (non-hydrogen) atoms. The van der Waals surface area contributed by atoms with E-state index in [0.29, 0.717) is 24.3 Å². The van der Waals surface area contributed by atoms with Crippen LogP contribution in [0.2, 0.25) is 0 Å². The van der Waals surface area contributed by atoms with Crippen LogP contribution in [0.3, 0.4) is 0 Å². The second-order valence-corrected chi connectivity index (χ2v) is 13.3. The fourth-order valence-electron chi connectivity index (χ4n) is 8.53. The molecule has 0 amide bonds. The molecule has 204 valence electrons. The van der Waals surface area contributed by atoms with E-state index in [2.05, 4.69) is 45.0 Å². The number of anilines is 3. The summed E-state index contributed by atoms with van der Waals surface area (Å²) in [6, 6.07) is 2.06. The minimum atomic E-state index is -4.11. The van der Waals surface area contributed by atoms with Crippen LogP contribution in [-0.2, 0) is 11.8 Å². The predicted molar refractivity (Wildman–Crippen MR) is 139 cm³/mol. The highest BCUT2D eigenvalue weighted by Crippen LogP contribution is 2.76. The smallest absolute Gasteiger partial charge is 0.373 e. The number of halogens is 3. The average molecular weight is 528 g/mol. The van der Waals surface area contributed by atoms with Crippen molar-refractivity contribution in [1.82, 2.24) is 19.9 Å². The average Bonchev–Trinajstić information content (AvgIpc) is 3.17. The molecule has 2 aliphatic heterocycles. The third-order valence-electron chi connectivity index (χ3n) is 10.4. The van der Waals surface area contributed by atoms with E-state index < -0.39 is 17.1 Å². The normalized spacial score (nSPS) is 34.6. The van der Waals surface area contributed by atoms with Gasteiger partial charge in [0.05, 0.1) is 5.41 Å². The Bertz CT molecular complexity index is 1260. The van der Waals surface area contributed by atoms with Crippen LogP contribution in [0.25, 0.3) is 0 Å². The van der Waals surface area contributed by atoms with E-state index in [-0.39, 0.29) is 24.7 Å². The first-order chi connectivity index (χ1) is 17.9. The Morgan fingerprint density at radius 2 is 1.74 bits per heavy atom. The van der Waals surface area contributed by atoms with Crippen molar-refractivity contribution in [3.8, 4) is 0 Å². The van der Waals surface area contributed by atoms with E-state index in [9.17, 15) is 13.2 Å². The maximum atomic E-state index is 13.6. The third-order valence-corrected chi connectivity index (χ3v) is 10.4. The van der Waals surface area contributed by atoms with Crippen molar-refractivity contribution in [2.45, 2.75) is 76.4 Å². The summed E-state index contributed by atoms with van der Waals surface area (Å²) in [5.74, 6) is 5.12. The summed E-state index contributed by atoms with van der Waals surface area (Å²) in [6.07, 6.45) is 1.31. The van der Waals surface area contributed by atoms with Crippen molar-refractivity contribution in [3.05, 3.63) is 29.5 Å². The summed E-state index contributed by atoms with van der Waals surface area (Å²) in [5, 5.41) is 3.30. The maximum Gasteiger partial charge on any atom is 0.394 e. The second kappa shape index (κ2) is 7.72. The standard InChI is InChI=1S/C28H36F3N7/c1-16-7-21(34-15-33-16)37-9-17-5-6-18(10-37)19(17)8-20-35-23(32-4)22-24(36-20)38(14-25(22,2)3)27-11-26(12-27,13-27)28(29,30)31/h7,15,17-19H,5-6,8-14H2,1-4H3,(H,32,35,36). The van der Waals surface area contributed by atoms with Crippen LogP contribution in [0.1, 0.15) is 63.0 Å². The lowest BCUT2D eigenvalue weighted by molar-refractivity contribution is -0.332. The van der Waals surface area contributed by atoms with E-state index >= 15 is 0 Å². The van der Waals surface area contributed by atoms with Crippen molar-refractivity contribution in [2.24, 2.45) is 23.2 Å². The van der Waals surface area contributed by atoms with Gasteiger partial charge in [-0.2, -0.15) is 13.2 Å². The van der Waals surface area contributed by atoms with Crippen molar-refractivity contribution >= 4 is 17.5 Å². The largest absolute Gasteiger partial charge is 0.394 e. The van der Waals surface area contributed by atoms with Crippen LogP contribution in [0.15, 0.2) is 12.4 Å². The van der Waals surface area contributed by atoms with Crippen LogP contribution in [0.4, 0.5) is 30.6 Å². The Labute approximate surface area is 221 Å². The van der Waals surface area contributed by atoms with Crippen LogP contribution >= 0.6 is 0 Å². The molecule has 2 unspecified atom stereocenters. The van der Waals surface area contributed by atoms with E-state index in [1.165, 1.54) is 12.8 Å². The van der Waals surface area contributed by atoms with Gasteiger partial charge in [0.15, 0.2) is 0 Å². The molecule has 8 rings (SSSR count). The lowest BCUT2D eigenvalue weighted by Gasteiger charge is -2.73. The molecule has 10 heteroatoms. The van der Waals surface area contributed by atoms with Gasteiger partial charge in [-0.15, -0.1) is 0 Å². The predicted octanol–water partition coefficient (Wildman–Crippen LogP) is 4.90. The highest BCUT2D eigenvalue weighted by molar-refractivity contribution is 5.69. The summed E-state index contributed by atoms with van der Waals surface area (Å²) in [4.78, 5) is 23.5. The molecule has 2 aromatic rings. The minimum absolute atomic E-state index is 0.193. The lowest BCUT2D eigenvalue weighted by atomic mass is 9.38. The number of fused-ring (bicyclic) bond motifs is 3. The topological polar surface area (TPSA) is 70.1 Å². The highest BCUT2D eigenvalue weighted by Gasteiger charge is 2.81. The first-order valence-electron chi connectivity index (χ1n) is 13.9. The Morgan fingerprint density at radius 1 is 1.05 bits per heavy atom. The van der Waals surface area contributed by atoms with Gasteiger partial charge in [0.2, 0.25) is 0 Å². The van der Waals surface area contributed by atoms with Gasteiger partial charge >= 0.3 is 6.18 Å². The fraction of sp³-hybridized carbons (Fsp3) is 0.714. The van der Waals surface area contributed by atoms with Crippen LogP contribution < -0.4 is 15.1 Å². The molecule has 0 spiro atoms. The zero-order chi connectivity index (χ0) is 26.7. The summed E-state index contributed by atoms with van der Waals surface area (Å²) in [6.45, 7) is 8.95. The van der Waals surface area contributed by atoms with Crippen LogP contribution in [-0.4, -0.2) is 58.3 Å². The van der Waals surface area contributed by atoms with Gasteiger partial charge in [0.25, 0.3) is 0 Å². The molecule has 4 aliphatic carbocycles. The molecular weight excluding hydrogens is 491 g/mol. The van der Waals surface area contributed by atoms with Gasteiger partial charge in [0, 0.05) is 61.4 Å². The van der Waals surface area contributed by atoms with Crippen molar-refractivity contribution in [3.63, 3.8) is 0 Å². The van der Waals surface area contributed by atoms with Crippen LogP contribution in [0.5, 0.6) is 0 Å². The van der Waals surface area contributed by atoms with Crippen LogP contribution in [0, 0.1) is 30.1 Å². The van der Waals surface area contributed by atoms with E-state index in [1.807, 2.05) is 14.0 Å². The molecule has 6 aliphatic rings. The highest BCUT2D eigenvalue weighted by atomic mass is 19.4. The van der Waals surface area contributed by atoms with E-state index in [0.717, 1.165) is 54.0 Å². The molecule has 1 N–H and O–H groups in total. The number of rotatable bonds is 5. The lowest BCUT2D eigenvalue weighted by Crippen LogP contribution is -2.79.